The number of aliphatic carboxylic acids is 1. The average Bonchev–Trinajstić information content (AvgIpc) is 2.74. The number of hydrogen-bond donors (Lipinski definition) is 2. The van der Waals surface area contributed by atoms with Gasteiger partial charge in [0, 0.05) is 6.42 Å². The topological polar surface area (TPSA) is 96.3 Å². The van der Waals surface area contributed by atoms with Crippen molar-refractivity contribution >= 4 is 12.1 Å². The van der Waals surface area contributed by atoms with Crippen molar-refractivity contribution in [2.24, 2.45) is 0 Å². The number of nitrogens with zero attached hydrogens (tertiary/aromatic N) is 1. The first-order chi connectivity index (χ1) is 7.04. The SMILES string of the molecule is O=C(O)[C@H]1CC2(CN1C(=O)O)OCCO2. The maximum absolute atomic E-state index is 10.8. The molecule has 0 aliphatic carbocycles. The molecule has 7 heteroatoms. The van der Waals surface area contributed by atoms with Crippen LogP contribution in [0, 0.1) is 0 Å². The van der Waals surface area contributed by atoms with Crippen LogP contribution in [0.1, 0.15) is 6.42 Å². The minimum atomic E-state index is -1.27. The van der Waals surface area contributed by atoms with Crippen molar-refractivity contribution in [1.29, 1.82) is 0 Å². The fraction of sp³-hybridized carbons (Fsp3) is 0.750. The van der Waals surface area contributed by atoms with E-state index in [1.165, 1.54) is 0 Å². The zero-order valence-corrected chi connectivity index (χ0v) is 7.88. The van der Waals surface area contributed by atoms with Crippen molar-refractivity contribution in [2.75, 3.05) is 19.8 Å². The molecule has 2 aliphatic heterocycles. The van der Waals surface area contributed by atoms with Gasteiger partial charge in [-0.25, -0.2) is 9.59 Å². The number of hydrogen-bond acceptors (Lipinski definition) is 4. The predicted molar refractivity (Wildman–Crippen MR) is 45.4 cm³/mol. The highest BCUT2D eigenvalue weighted by molar-refractivity contribution is 5.80. The smallest absolute Gasteiger partial charge is 0.408 e. The standard InChI is InChI=1S/C8H11NO6/c10-6(11)5-3-8(14-1-2-15-8)4-9(5)7(12)13/h5H,1-4H2,(H,10,11)(H,12,13)/t5-/m1/s1. The van der Waals surface area contributed by atoms with Gasteiger partial charge in [-0.15, -0.1) is 0 Å². The van der Waals surface area contributed by atoms with Gasteiger partial charge in [-0.1, -0.05) is 0 Å². The molecule has 0 aromatic heterocycles. The van der Waals surface area contributed by atoms with Gasteiger partial charge in [0.2, 0.25) is 0 Å². The van der Waals surface area contributed by atoms with Gasteiger partial charge >= 0.3 is 12.1 Å². The summed E-state index contributed by atoms with van der Waals surface area (Å²) in [5, 5.41) is 17.7. The van der Waals surface area contributed by atoms with E-state index in [0.29, 0.717) is 13.2 Å². The zero-order valence-electron chi connectivity index (χ0n) is 7.88. The van der Waals surface area contributed by atoms with E-state index in [1.54, 1.807) is 0 Å². The van der Waals surface area contributed by atoms with Crippen molar-refractivity contribution in [3.8, 4) is 0 Å². The summed E-state index contributed by atoms with van der Waals surface area (Å²) in [5.41, 5.74) is 0. The van der Waals surface area contributed by atoms with Crippen LogP contribution in [-0.4, -0.2) is 58.8 Å². The van der Waals surface area contributed by atoms with Crippen LogP contribution in [-0.2, 0) is 14.3 Å². The normalized spacial score (nSPS) is 28.5. The first-order valence-electron chi connectivity index (χ1n) is 4.54. The van der Waals surface area contributed by atoms with Gasteiger partial charge in [-0.3, -0.25) is 4.90 Å². The van der Waals surface area contributed by atoms with Gasteiger partial charge in [-0.05, 0) is 0 Å². The van der Waals surface area contributed by atoms with Gasteiger partial charge in [0.05, 0.1) is 19.8 Å². The van der Waals surface area contributed by atoms with E-state index in [9.17, 15) is 9.59 Å². The van der Waals surface area contributed by atoms with Crippen LogP contribution < -0.4 is 0 Å². The van der Waals surface area contributed by atoms with Crippen LogP contribution in [0.15, 0.2) is 0 Å². The molecular weight excluding hydrogens is 206 g/mol. The van der Waals surface area contributed by atoms with E-state index in [0.717, 1.165) is 4.90 Å². The number of carboxylic acids is 1. The number of carboxylic acid groups (broad SMARTS) is 2. The Morgan fingerprint density at radius 2 is 1.87 bits per heavy atom. The molecule has 15 heavy (non-hydrogen) atoms. The lowest BCUT2D eigenvalue weighted by atomic mass is 10.1. The lowest BCUT2D eigenvalue weighted by molar-refractivity contribution is -0.150. The summed E-state index contributed by atoms with van der Waals surface area (Å²) in [4.78, 5) is 22.5. The molecule has 2 rings (SSSR count). The van der Waals surface area contributed by atoms with Crippen LogP contribution in [0.5, 0.6) is 0 Å². The van der Waals surface area contributed by atoms with Crippen molar-refractivity contribution in [3.63, 3.8) is 0 Å². The summed E-state index contributed by atoms with van der Waals surface area (Å²) in [7, 11) is 0. The Bertz CT molecular complexity index is 274. The first kappa shape index (κ1) is 10.2. The molecular formula is C8H11NO6. The average molecular weight is 217 g/mol. The number of ether oxygens (including phenoxy) is 2. The van der Waals surface area contributed by atoms with Crippen molar-refractivity contribution in [3.05, 3.63) is 0 Å². The van der Waals surface area contributed by atoms with Crippen LogP contribution >= 0.6 is 0 Å². The largest absolute Gasteiger partial charge is 0.480 e. The van der Waals surface area contributed by atoms with Gasteiger partial charge in [0.1, 0.15) is 6.04 Å². The number of rotatable bonds is 1. The molecule has 1 amide bonds. The van der Waals surface area contributed by atoms with Crippen LogP contribution in [0.3, 0.4) is 0 Å². The Hall–Kier alpha value is -1.34. The molecule has 2 heterocycles. The fourth-order valence-electron chi connectivity index (χ4n) is 1.97. The predicted octanol–water partition coefficient (Wildman–Crippen LogP) is -0.434. The molecule has 2 aliphatic rings. The van der Waals surface area contributed by atoms with E-state index in [2.05, 4.69) is 0 Å². The quantitative estimate of drug-likeness (QED) is 0.618. The third kappa shape index (κ3) is 1.64. The molecule has 7 nitrogen and oxygen atoms in total. The summed E-state index contributed by atoms with van der Waals surface area (Å²) in [6.45, 7) is 0.707. The number of likely N-dealkylation sites (tertiary alicyclic amines) is 1. The van der Waals surface area contributed by atoms with Gasteiger partial charge in [0.15, 0.2) is 5.79 Å². The van der Waals surface area contributed by atoms with Crippen molar-refractivity contribution < 1.29 is 29.3 Å². The highest BCUT2D eigenvalue weighted by Gasteiger charge is 2.52. The van der Waals surface area contributed by atoms with Crippen molar-refractivity contribution in [2.45, 2.75) is 18.2 Å². The van der Waals surface area contributed by atoms with Gasteiger partial charge in [0.25, 0.3) is 0 Å². The molecule has 0 aromatic rings. The van der Waals surface area contributed by atoms with Crippen molar-refractivity contribution in [1.82, 2.24) is 4.90 Å². The van der Waals surface area contributed by atoms with E-state index in [-0.39, 0.29) is 13.0 Å². The number of carbonyl (C=O) groups is 2. The minimum Gasteiger partial charge on any atom is -0.480 e. The molecule has 0 unspecified atom stereocenters. The third-order valence-electron chi connectivity index (χ3n) is 2.64. The Balaban J connectivity index is 2.18. The van der Waals surface area contributed by atoms with Crippen LogP contribution in [0.2, 0.25) is 0 Å². The molecule has 1 atom stereocenters. The monoisotopic (exact) mass is 217 g/mol. The Labute approximate surface area is 85.2 Å². The molecule has 2 fully saturated rings. The Kier molecular flexibility index (Phi) is 2.28. The summed E-state index contributed by atoms with van der Waals surface area (Å²) in [5.74, 6) is -2.21. The van der Waals surface area contributed by atoms with Gasteiger partial charge < -0.3 is 19.7 Å². The summed E-state index contributed by atoms with van der Waals surface area (Å²) < 4.78 is 10.5. The molecule has 0 aromatic carbocycles. The second-order valence-electron chi connectivity index (χ2n) is 3.58. The lowest BCUT2D eigenvalue weighted by Gasteiger charge is -2.20. The van der Waals surface area contributed by atoms with E-state index in [4.69, 9.17) is 19.7 Å². The third-order valence-corrected chi connectivity index (χ3v) is 2.64. The van der Waals surface area contributed by atoms with Crippen LogP contribution in [0.4, 0.5) is 4.79 Å². The second-order valence-corrected chi connectivity index (χ2v) is 3.58. The number of amides is 1. The minimum absolute atomic E-state index is 0.0424. The summed E-state index contributed by atoms with van der Waals surface area (Å²) in [6.07, 6.45) is -1.22. The molecule has 0 saturated carbocycles. The van der Waals surface area contributed by atoms with E-state index >= 15 is 0 Å². The highest BCUT2D eigenvalue weighted by Crippen LogP contribution is 2.34. The molecule has 0 bridgehead atoms. The fourth-order valence-corrected chi connectivity index (χ4v) is 1.97. The van der Waals surface area contributed by atoms with Gasteiger partial charge in [-0.2, -0.15) is 0 Å². The zero-order chi connectivity index (χ0) is 11.1. The lowest BCUT2D eigenvalue weighted by Crippen LogP contribution is -2.40. The molecule has 2 saturated heterocycles. The van der Waals surface area contributed by atoms with E-state index in [1.807, 2.05) is 0 Å². The molecule has 2 N–H and O–H groups in total. The van der Waals surface area contributed by atoms with E-state index < -0.39 is 23.9 Å². The first-order valence-corrected chi connectivity index (χ1v) is 4.54. The highest BCUT2D eigenvalue weighted by atomic mass is 16.7. The summed E-state index contributed by atoms with van der Waals surface area (Å²) >= 11 is 0. The second kappa shape index (κ2) is 3.35. The Morgan fingerprint density at radius 1 is 1.27 bits per heavy atom. The maximum Gasteiger partial charge on any atom is 0.408 e. The molecule has 84 valence electrons. The molecule has 0 radical (unpaired) electrons. The maximum atomic E-state index is 10.8. The molecule has 1 spiro atoms. The Morgan fingerprint density at radius 3 is 2.27 bits per heavy atom. The summed E-state index contributed by atoms with van der Waals surface area (Å²) in [6, 6.07) is -1.08. The van der Waals surface area contributed by atoms with Crippen LogP contribution in [0.25, 0.3) is 0 Å².